The number of benzene rings is 3. The van der Waals surface area contributed by atoms with Gasteiger partial charge in [-0.25, -0.2) is 4.52 Å². The molecule has 0 bridgehead atoms. The van der Waals surface area contributed by atoms with Crippen LogP contribution in [0.2, 0.25) is 0 Å². The summed E-state index contributed by atoms with van der Waals surface area (Å²) in [5.74, 6) is 1.50. The molecule has 3 aromatic carbocycles. The van der Waals surface area contributed by atoms with E-state index in [1.54, 1.807) is 17.7 Å². The molecular formula is C27H22N4O3S. The first kappa shape index (κ1) is 22.4. The number of ether oxygens (including phenoxy) is 2. The minimum absolute atomic E-state index is 0.255. The van der Waals surface area contributed by atoms with Gasteiger partial charge in [-0.1, -0.05) is 42.5 Å². The number of hydrogen-bond donors (Lipinski definition) is 1. The zero-order valence-electron chi connectivity index (χ0n) is 18.9. The van der Waals surface area contributed by atoms with Gasteiger partial charge in [-0.2, -0.15) is 4.98 Å². The third-order valence-corrected chi connectivity index (χ3v) is 6.07. The molecule has 0 saturated carbocycles. The van der Waals surface area contributed by atoms with E-state index in [4.69, 9.17) is 9.47 Å². The van der Waals surface area contributed by atoms with Crippen LogP contribution in [0.5, 0.6) is 11.5 Å². The Morgan fingerprint density at radius 3 is 2.49 bits per heavy atom. The normalized spacial score (nSPS) is 11.1. The van der Waals surface area contributed by atoms with E-state index in [1.807, 2.05) is 84.2 Å². The van der Waals surface area contributed by atoms with Crippen molar-refractivity contribution in [1.82, 2.24) is 14.6 Å². The van der Waals surface area contributed by atoms with E-state index in [0.717, 1.165) is 33.9 Å². The van der Waals surface area contributed by atoms with E-state index in [1.165, 1.54) is 17.4 Å². The molecule has 0 aliphatic carbocycles. The summed E-state index contributed by atoms with van der Waals surface area (Å²) < 4.78 is 12.7. The molecule has 0 unspecified atom stereocenters. The largest absolute Gasteiger partial charge is 0.497 e. The van der Waals surface area contributed by atoms with E-state index in [2.05, 4.69) is 15.4 Å². The van der Waals surface area contributed by atoms with Crippen LogP contribution in [0, 0.1) is 0 Å². The number of fused-ring (bicyclic) bond motifs is 1. The van der Waals surface area contributed by atoms with Crippen LogP contribution in [0.15, 0.2) is 90.3 Å². The lowest BCUT2D eigenvalue weighted by atomic mass is 10.2. The van der Waals surface area contributed by atoms with Crippen molar-refractivity contribution in [3.8, 4) is 22.8 Å². The zero-order chi connectivity index (χ0) is 24.0. The van der Waals surface area contributed by atoms with Crippen molar-refractivity contribution in [3.63, 3.8) is 0 Å². The fraction of sp³-hybridized carbons (Fsp3) is 0.0741. The molecule has 0 atom stereocenters. The summed E-state index contributed by atoms with van der Waals surface area (Å²) in [5, 5.41) is 9.16. The molecule has 0 aliphatic rings. The molecule has 174 valence electrons. The highest BCUT2D eigenvalue weighted by molar-refractivity contribution is 7.15. The average molecular weight is 483 g/mol. The molecule has 8 heteroatoms. The predicted octanol–water partition coefficient (Wildman–Crippen LogP) is 5.70. The van der Waals surface area contributed by atoms with Gasteiger partial charge in [-0.3, -0.25) is 10.1 Å². The summed E-state index contributed by atoms with van der Waals surface area (Å²) in [4.78, 5) is 17.5. The van der Waals surface area contributed by atoms with Crippen molar-refractivity contribution in [2.45, 2.75) is 6.61 Å². The van der Waals surface area contributed by atoms with Gasteiger partial charge in [-0.15, -0.1) is 16.4 Å². The number of carbonyl (C=O) groups excluding carboxylic acids is 1. The Morgan fingerprint density at radius 1 is 1.00 bits per heavy atom. The number of nitrogens with one attached hydrogen (secondary N) is 1. The summed E-state index contributed by atoms with van der Waals surface area (Å²) in [7, 11) is 1.63. The Labute approximate surface area is 206 Å². The Bertz CT molecular complexity index is 1460. The lowest BCUT2D eigenvalue weighted by Crippen LogP contribution is -2.09. The fourth-order valence-electron chi connectivity index (χ4n) is 3.43. The molecular weight excluding hydrogens is 460 g/mol. The highest BCUT2D eigenvalue weighted by Crippen LogP contribution is 2.27. The number of amides is 1. The highest BCUT2D eigenvalue weighted by Gasteiger charge is 2.12. The number of methoxy groups -OCH3 is 1. The first-order valence-corrected chi connectivity index (χ1v) is 11.8. The first-order valence-electron chi connectivity index (χ1n) is 10.9. The minimum Gasteiger partial charge on any atom is -0.497 e. The number of rotatable bonds is 8. The second-order valence-corrected chi connectivity index (χ2v) is 8.48. The molecule has 35 heavy (non-hydrogen) atoms. The maximum Gasteiger partial charge on any atom is 0.250 e. The van der Waals surface area contributed by atoms with Gasteiger partial charge in [0, 0.05) is 17.0 Å². The Hall–Kier alpha value is -4.43. The Morgan fingerprint density at radius 2 is 1.74 bits per heavy atom. The second kappa shape index (κ2) is 10.2. The molecule has 0 saturated heterocycles. The number of aromatic nitrogens is 3. The fourth-order valence-corrected chi connectivity index (χ4v) is 4.27. The van der Waals surface area contributed by atoms with Crippen LogP contribution in [0.1, 0.15) is 11.1 Å². The van der Waals surface area contributed by atoms with Gasteiger partial charge in [0.25, 0.3) is 11.9 Å². The summed E-state index contributed by atoms with van der Waals surface area (Å²) in [6, 6.07) is 25.3. The van der Waals surface area contributed by atoms with Crippen molar-refractivity contribution >= 4 is 34.2 Å². The van der Waals surface area contributed by atoms with Crippen molar-refractivity contribution in [2.75, 3.05) is 12.4 Å². The predicted molar refractivity (Wildman–Crippen MR) is 138 cm³/mol. The van der Waals surface area contributed by atoms with Crippen LogP contribution in [0.25, 0.3) is 22.3 Å². The van der Waals surface area contributed by atoms with Crippen LogP contribution in [0.3, 0.4) is 0 Å². The van der Waals surface area contributed by atoms with Crippen LogP contribution < -0.4 is 14.8 Å². The van der Waals surface area contributed by atoms with Crippen LogP contribution >= 0.6 is 11.3 Å². The SMILES string of the molecule is COc1ccc(-c2csc3nc(NC(=O)/C=C/c4ccc(OCc5ccccc5)cc4)nn23)cc1. The Balaban J connectivity index is 1.20. The minimum atomic E-state index is -0.307. The van der Waals surface area contributed by atoms with Gasteiger partial charge in [0.05, 0.1) is 12.8 Å². The van der Waals surface area contributed by atoms with E-state index in [9.17, 15) is 4.79 Å². The van der Waals surface area contributed by atoms with Crippen LogP contribution in [0.4, 0.5) is 5.95 Å². The molecule has 0 radical (unpaired) electrons. The molecule has 0 fully saturated rings. The molecule has 0 aliphatic heterocycles. The molecule has 5 aromatic rings. The lowest BCUT2D eigenvalue weighted by molar-refractivity contribution is -0.111. The standard InChI is InChI=1S/C27H22N4O3S/c1-33-22-14-10-21(11-15-22)24-18-35-27-29-26(30-31(24)27)28-25(32)16-9-19-7-12-23(13-8-19)34-17-20-5-3-2-4-6-20/h2-16,18H,17H2,1H3,(H,28,30,32)/b16-9+. The number of anilines is 1. The summed E-state index contributed by atoms with van der Waals surface area (Å²) in [6.45, 7) is 0.508. The molecule has 5 rings (SSSR count). The smallest absolute Gasteiger partial charge is 0.250 e. The number of thiazole rings is 1. The second-order valence-electron chi connectivity index (χ2n) is 7.65. The van der Waals surface area contributed by atoms with Crippen molar-refractivity contribution in [3.05, 3.63) is 101 Å². The monoisotopic (exact) mass is 482 g/mol. The van der Waals surface area contributed by atoms with Crippen molar-refractivity contribution in [2.24, 2.45) is 0 Å². The van der Waals surface area contributed by atoms with E-state index < -0.39 is 0 Å². The van der Waals surface area contributed by atoms with Crippen LogP contribution in [-0.4, -0.2) is 27.6 Å². The third-order valence-electron chi connectivity index (χ3n) is 5.26. The van der Waals surface area contributed by atoms with E-state index >= 15 is 0 Å². The zero-order valence-corrected chi connectivity index (χ0v) is 19.7. The molecule has 2 heterocycles. The summed E-state index contributed by atoms with van der Waals surface area (Å²) >= 11 is 1.46. The van der Waals surface area contributed by atoms with Crippen molar-refractivity contribution < 1.29 is 14.3 Å². The van der Waals surface area contributed by atoms with E-state index in [-0.39, 0.29) is 11.9 Å². The van der Waals surface area contributed by atoms with E-state index in [0.29, 0.717) is 11.6 Å². The van der Waals surface area contributed by atoms with Crippen molar-refractivity contribution in [1.29, 1.82) is 0 Å². The molecule has 0 spiro atoms. The molecule has 1 N–H and O–H groups in total. The topological polar surface area (TPSA) is 77.8 Å². The number of nitrogens with zero attached hydrogens (tertiary/aromatic N) is 3. The summed E-state index contributed by atoms with van der Waals surface area (Å²) in [6.07, 6.45) is 3.19. The lowest BCUT2D eigenvalue weighted by Gasteiger charge is -2.06. The van der Waals surface area contributed by atoms with Gasteiger partial charge in [0.2, 0.25) is 4.96 Å². The molecule has 1 amide bonds. The van der Waals surface area contributed by atoms with Crippen LogP contribution in [-0.2, 0) is 11.4 Å². The number of hydrogen-bond acceptors (Lipinski definition) is 6. The quantitative estimate of drug-likeness (QED) is 0.287. The maximum absolute atomic E-state index is 12.4. The van der Waals surface area contributed by atoms with Gasteiger partial charge in [0.15, 0.2) is 0 Å². The maximum atomic E-state index is 12.4. The summed E-state index contributed by atoms with van der Waals surface area (Å²) in [5.41, 5.74) is 3.87. The van der Waals surface area contributed by atoms with Gasteiger partial charge < -0.3 is 9.47 Å². The molecule has 2 aromatic heterocycles. The third kappa shape index (κ3) is 5.39. The number of carbonyl (C=O) groups is 1. The first-order chi connectivity index (χ1) is 17.2. The van der Waals surface area contributed by atoms with Gasteiger partial charge in [0.1, 0.15) is 18.1 Å². The highest BCUT2D eigenvalue weighted by atomic mass is 32.1. The average Bonchev–Trinajstić information content (AvgIpc) is 3.48. The van der Waals surface area contributed by atoms with Gasteiger partial charge in [-0.05, 0) is 53.6 Å². The molecule has 7 nitrogen and oxygen atoms in total. The van der Waals surface area contributed by atoms with Gasteiger partial charge >= 0.3 is 0 Å². The Kier molecular flexibility index (Phi) is 6.54.